The van der Waals surface area contributed by atoms with E-state index in [0.717, 1.165) is 29.5 Å². The van der Waals surface area contributed by atoms with Gasteiger partial charge >= 0.3 is 0 Å². The van der Waals surface area contributed by atoms with E-state index in [1.165, 1.54) is 30.9 Å². The Bertz CT molecular complexity index is 990. The topological polar surface area (TPSA) is 78.5 Å². The Hall–Kier alpha value is -2.16. The maximum absolute atomic E-state index is 12.1. The summed E-state index contributed by atoms with van der Waals surface area (Å²) in [6, 6.07) is 14.6. The molecule has 6 nitrogen and oxygen atoms in total. The second-order valence-electron chi connectivity index (χ2n) is 6.94. The molecule has 1 saturated heterocycles. The van der Waals surface area contributed by atoms with Crippen molar-refractivity contribution in [2.24, 2.45) is 5.92 Å². The van der Waals surface area contributed by atoms with Gasteiger partial charge in [-0.1, -0.05) is 34.1 Å². The molecule has 0 aromatic heterocycles. The Morgan fingerprint density at radius 1 is 1.24 bits per heavy atom. The zero-order chi connectivity index (χ0) is 20.9. The van der Waals surface area contributed by atoms with Gasteiger partial charge in [-0.05, 0) is 61.4 Å². The van der Waals surface area contributed by atoms with Crippen LogP contribution < -0.4 is 14.9 Å². The molecule has 2 aromatic rings. The quantitative estimate of drug-likeness (QED) is 0.600. The Morgan fingerprint density at radius 2 is 2.00 bits per heavy atom. The molecule has 0 radical (unpaired) electrons. The highest BCUT2D eigenvalue weighted by Crippen LogP contribution is 2.25. The first-order chi connectivity index (χ1) is 13.9. The minimum atomic E-state index is -3.45. The van der Waals surface area contributed by atoms with Crippen LogP contribution in [0.5, 0.6) is 0 Å². The van der Waals surface area contributed by atoms with Crippen LogP contribution in [0.1, 0.15) is 12.0 Å². The number of rotatable bonds is 7. The Balaban J connectivity index is 1.48. The number of nitrogens with one attached hydrogen (secondary N) is 2. The normalized spacial score (nSPS) is 17.0. The second kappa shape index (κ2) is 9.56. The maximum atomic E-state index is 12.1. The van der Waals surface area contributed by atoms with E-state index in [-0.39, 0.29) is 10.8 Å². The second-order valence-corrected chi connectivity index (χ2v) is 9.74. The molecule has 1 heterocycles. The van der Waals surface area contributed by atoms with Crippen molar-refractivity contribution in [2.45, 2.75) is 11.3 Å². The highest BCUT2D eigenvalue weighted by molar-refractivity contribution is 9.10. The summed E-state index contributed by atoms with van der Waals surface area (Å²) in [4.78, 5) is 14.6. The van der Waals surface area contributed by atoms with Crippen LogP contribution >= 0.6 is 15.9 Å². The molecule has 1 aliphatic heterocycles. The molecule has 1 amide bonds. The fourth-order valence-corrected chi connectivity index (χ4v) is 4.38. The van der Waals surface area contributed by atoms with Gasteiger partial charge in [0.15, 0.2) is 0 Å². The first-order valence-corrected chi connectivity index (χ1v) is 11.6. The molecular formula is C21H24BrN3O3S. The standard InChI is InChI=1S/C21H24BrN3O3S/c1-23-29(27,28)20-8-5-16(6-9-20)7-10-21(26)24-14-17-11-12-25(15-17)19-4-2-3-18(22)13-19/h2-10,13,17,23H,11-12,14-15H2,1H3,(H,24,26). The summed E-state index contributed by atoms with van der Waals surface area (Å²) < 4.78 is 26.8. The molecule has 1 aliphatic rings. The van der Waals surface area contributed by atoms with Gasteiger partial charge in [-0.2, -0.15) is 0 Å². The predicted octanol–water partition coefficient (Wildman–Crippen LogP) is 3.01. The summed E-state index contributed by atoms with van der Waals surface area (Å²) >= 11 is 3.50. The van der Waals surface area contributed by atoms with E-state index in [4.69, 9.17) is 0 Å². The first-order valence-electron chi connectivity index (χ1n) is 9.37. The Kier molecular flexibility index (Phi) is 7.10. The third kappa shape index (κ3) is 5.91. The molecule has 0 aliphatic carbocycles. The number of carbonyl (C=O) groups is 1. The van der Waals surface area contributed by atoms with Crippen LogP contribution in [0.15, 0.2) is 64.0 Å². The summed E-state index contributed by atoms with van der Waals surface area (Å²) in [6.45, 7) is 2.53. The number of anilines is 1. The zero-order valence-corrected chi connectivity index (χ0v) is 18.5. The number of sulfonamides is 1. The summed E-state index contributed by atoms with van der Waals surface area (Å²) in [5.74, 6) is 0.259. The lowest BCUT2D eigenvalue weighted by molar-refractivity contribution is -0.116. The van der Waals surface area contributed by atoms with Gasteiger partial charge in [0.25, 0.3) is 0 Å². The lowest BCUT2D eigenvalue weighted by Crippen LogP contribution is -2.29. The van der Waals surface area contributed by atoms with E-state index < -0.39 is 10.0 Å². The molecule has 1 atom stereocenters. The van der Waals surface area contributed by atoms with Gasteiger partial charge in [-0.25, -0.2) is 13.1 Å². The number of carbonyl (C=O) groups excluding carboxylic acids is 1. The Morgan fingerprint density at radius 3 is 2.69 bits per heavy atom. The molecule has 2 N–H and O–H groups in total. The van der Waals surface area contributed by atoms with Crippen molar-refractivity contribution in [3.8, 4) is 0 Å². The summed E-state index contributed by atoms with van der Waals surface area (Å²) in [5, 5.41) is 2.96. The van der Waals surface area contributed by atoms with Crippen LogP contribution in [0.2, 0.25) is 0 Å². The third-order valence-corrected chi connectivity index (χ3v) is 6.83. The smallest absolute Gasteiger partial charge is 0.244 e. The van der Waals surface area contributed by atoms with E-state index in [0.29, 0.717) is 12.5 Å². The minimum absolute atomic E-state index is 0.155. The van der Waals surface area contributed by atoms with Gasteiger partial charge in [0.05, 0.1) is 4.90 Å². The SMILES string of the molecule is CNS(=O)(=O)c1ccc(C=CC(=O)NCC2CCN(c3cccc(Br)c3)C2)cc1. The van der Waals surface area contributed by atoms with Crippen molar-refractivity contribution in [2.75, 3.05) is 31.6 Å². The average Bonchev–Trinajstić information content (AvgIpc) is 3.20. The highest BCUT2D eigenvalue weighted by Gasteiger charge is 2.22. The van der Waals surface area contributed by atoms with Gasteiger partial charge in [-0.3, -0.25) is 4.79 Å². The van der Waals surface area contributed by atoms with Gasteiger partial charge in [0.1, 0.15) is 0 Å². The van der Waals surface area contributed by atoms with Crippen molar-refractivity contribution < 1.29 is 13.2 Å². The lowest BCUT2D eigenvalue weighted by Gasteiger charge is -2.19. The van der Waals surface area contributed by atoms with E-state index in [2.05, 4.69) is 43.0 Å². The number of hydrogen-bond donors (Lipinski definition) is 2. The van der Waals surface area contributed by atoms with Crippen LogP contribution in [0.4, 0.5) is 5.69 Å². The fraction of sp³-hybridized carbons (Fsp3) is 0.286. The van der Waals surface area contributed by atoms with Crippen molar-refractivity contribution >= 4 is 43.6 Å². The summed E-state index contributed by atoms with van der Waals surface area (Å²) in [7, 11) is -2.08. The molecular weight excluding hydrogens is 454 g/mol. The molecule has 0 spiro atoms. The Labute approximate surface area is 180 Å². The fourth-order valence-electron chi connectivity index (χ4n) is 3.26. The predicted molar refractivity (Wildman–Crippen MR) is 119 cm³/mol. The first kappa shape index (κ1) is 21.5. The van der Waals surface area contributed by atoms with Crippen LogP contribution in [-0.2, 0) is 14.8 Å². The van der Waals surface area contributed by atoms with Gasteiger partial charge in [-0.15, -0.1) is 0 Å². The van der Waals surface area contributed by atoms with Crippen LogP contribution in [0.3, 0.4) is 0 Å². The average molecular weight is 478 g/mol. The van der Waals surface area contributed by atoms with Gasteiger partial charge in [0.2, 0.25) is 15.9 Å². The van der Waals surface area contributed by atoms with E-state index >= 15 is 0 Å². The van der Waals surface area contributed by atoms with E-state index in [9.17, 15) is 13.2 Å². The number of hydrogen-bond acceptors (Lipinski definition) is 4. The van der Waals surface area contributed by atoms with Crippen molar-refractivity contribution in [3.05, 3.63) is 64.6 Å². The van der Waals surface area contributed by atoms with Crippen LogP contribution in [-0.4, -0.2) is 41.0 Å². The summed E-state index contributed by atoms with van der Waals surface area (Å²) in [6.07, 6.45) is 4.19. The molecule has 3 rings (SSSR count). The minimum Gasteiger partial charge on any atom is -0.371 e. The van der Waals surface area contributed by atoms with Crippen LogP contribution in [0.25, 0.3) is 6.08 Å². The number of nitrogens with zero attached hydrogens (tertiary/aromatic N) is 1. The molecule has 8 heteroatoms. The monoisotopic (exact) mass is 477 g/mol. The lowest BCUT2D eigenvalue weighted by atomic mass is 10.1. The molecule has 2 aromatic carbocycles. The highest BCUT2D eigenvalue weighted by atomic mass is 79.9. The zero-order valence-electron chi connectivity index (χ0n) is 16.1. The largest absolute Gasteiger partial charge is 0.371 e. The number of halogens is 1. The van der Waals surface area contributed by atoms with E-state index in [1.807, 2.05) is 12.1 Å². The maximum Gasteiger partial charge on any atom is 0.244 e. The van der Waals surface area contributed by atoms with Crippen LogP contribution in [0, 0.1) is 5.92 Å². The van der Waals surface area contributed by atoms with Crippen molar-refractivity contribution in [3.63, 3.8) is 0 Å². The van der Waals surface area contributed by atoms with Gasteiger partial charge in [0, 0.05) is 35.9 Å². The summed E-state index contributed by atoms with van der Waals surface area (Å²) in [5.41, 5.74) is 1.95. The van der Waals surface area contributed by atoms with Crippen molar-refractivity contribution in [1.82, 2.24) is 10.0 Å². The third-order valence-electron chi connectivity index (χ3n) is 4.91. The molecule has 1 fully saturated rings. The van der Waals surface area contributed by atoms with Crippen molar-refractivity contribution in [1.29, 1.82) is 0 Å². The van der Waals surface area contributed by atoms with E-state index in [1.54, 1.807) is 18.2 Å². The van der Waals surface area contributed by atoms with Gasteiger partial charge < -0.3 is 10.2 Å². The molecule has 1 unspecified atom stereocenters. The number of benzene rings is 2. The molecule has 154 valence electrons. The number of amides is 1. The molecule has 0 bridgehead atoms. The molecule has 0 saturated carbocycles. The molecule has 29 heavy (non-hydrogen) atoms.